The Hall–Kier alpha value is -0.260. The van der Waals surface area contributed by atoms with Gasteiger partial charge >= 0.3 is 0 Å². The molecule has 0 spiro atoms. The molecule has 0 saturated heterocycles. The van der Waals surface area contributed by atoms with Crippen LogP contribution in [-0.4, -0.2) is 0 Å². The van der Waals surface area contributed by atoms with E-state index >= 15 is 0 Å². The van der Waals surface area contributed by atoms with E-state index in [4.69, 9.17) is 0 Å². The molecule has 2 aliphatic carbocycles. The SMILES string of the molecule is CC=CC1CCC(CCCCC2CCC(CC)CC2)CC1. The minimum Gasteiger partial charge on any atom is -0.0914 e. The van der Waals surface area contributed by atoms with Gasteiger partial charge in [0.05, 0.1) is 0 Å². The minimum atomic E-state index is 0.903. The second kappa shape index (κ2) is 9.70. The topological polar surface area (TPSA) is 0 Å². The summed E-state index contributed by atoms with van der Waals surface area (Å²) in [6.45, 7) is 4.54. The summed E-state index contributed by atoms with van der Waals surface area (Å²) in [5.74, 6) is 4.11. The lowest BCUT2D eigenvalue weighted by Crippen LogP contribution is -2.14. The van der Waals surface area contributed by atoms with E-state index in [2.05, 4.69) is 26.0 Å². The van der Waals surface area contributed by atoms with Crippen LogP contribution in [0.2, 0.25) is 0 Å². The maximum atomic E-state index is 2.43. The molecule has 0 bridgehead atoms. The largest absolute Gasteiger partial charge is 0.0914 e. The second-order valence-electron chi connectivity index (χ2n) is 7.89. The fourth-order valence-electron chi connectivity index (χ4n) is 4.74. The van der Waals surface area contributed by atoms with Crippen LogP contribution >= 0.6 is 0 Å². The number of hydrogen-bond donors (Lipinski definition) is 0. The van der Waals surface area contributed by atoms with E-state index in [9.17, 15) is 0 Å². The van der Waals surface area contributed by atoms with Gasteiger partial charge in [-0.05, 0) is 56.3 Å². The van der Waals surface area contributed by atoms with Crippen LogP contribution in [0.1, 0.15) is 97.3 Å². The van der Waals surface area contributed by atoms with Gasteiger partial charge in [0.2, 0.25) is 0 Å². The summed E-state index contributed by atoms with van der Waals surface area (Å²) in [5.41, 5.74) is 0. The van der Waals surface area contributed by atoms with E-state index in [0.29, 0.717) is 0 Å². The van der Waals surface area contributed by atoms with Crippen LogP contribution < -0.4 is 0 Å². The van der Waals surface area contributed by atoms with E-state index < -0.39 is 0 Å². The Morgan fingerprint density at radius 2 is 1.19 bits per heavy atom. The third-order valence-corrected chi connectivity index (χ3v) is 6.37. The monoisotopic (exact) mass is 290 g/mol. The van der Waals surface area contributed by atoms with Crippen molar-refractivity contribution in [1.82, 2.24) is 0 Å². The highest BCUT2D eigenvalue weighted by molar-refractivity contribution is 4.88. The van der Waals surface area contributed by atoms with Gasteiger partial charge in [0.1, 0.15) is 0 Å². The molecule has 2 rings (SSSR count). The zero-order chi connectivity index (χ0) is 14.9. The fourth-order valence-corrected chi connectivity index (χ4v) is 4.74. The molecule has 21 heavy (non-hydrogen) atoms. The van der Waals surface area contributed by atoms with Gasteiger partial charge in [-0.15, -0.1) is 0 Å². The Bertz CT molecular complexity index is 274. The molecule has 0 aromatic carbocycles. The van der Waals surface area contributed by atoms with E-state index in [-0.39, 0.29) is 0 Å². The zero-order valence-corrected chi connectivity index (χ0v) is 14.7. The van der Waals surface area contributed by atoms with Gasteiger partial charge in [0.25, 0.3) is 0 Å². The average molecular weight is 291 g/mol. The third-order valence-electron chi connectivity index (χ3n) is 6.37. The molecule has 2 aliphatic rings. The molecule has 0 heteroatoms. The lowest BCUT2D eigenvalue weighted by Gasteiger charge is -2.28. The first kappa shape index (κ1) is 17.1. The molecule has 0 aromatic heterocycles. The number of allylic oxidation sites excluding steroid dienone is 2. The van der Waals surface area contributed by atoms with Crippen molar-refractivity contribution in [3.8, 4) is 0 Å². The summed E-state index contributed by atoms with van der Waals surface area (Å²) in [4.78, 5) is 0. The summed E-state index contributed by atoms with van der Waals surface area (Å²) in [6, 6.07) is 0. The van der Waals surface area contributed by atoms with Gasteiger partial charge in [0, 0.05) is 0 Å². The molecule has 0 amide bonds. The molecule has 0 unspecified atom stereocenters. The molecule has 2 saturated carbocycles. The molecule has 0 atom stereocenters. The zero-order valence-electron chi connectivity index (χ0n) is 14.7. The van der Waals surface area contributed by atoms with Crippen molar-refractivity contribution in [3.05, 3.63) is 12.2 Å². The molecular weight excluding hydrogens is 252 g/mol. The smallest absolute Gasteiger partial charge is 0.0233 e. The molecule has 2 fully saturated rings. The lowest BCUT2D eigenvalue weighted by molar-refractivity contribution is 0.247. The highest BCUT2D eigenvalue weighted by Gasteiger charge is 2.21. The number of hydrogen-bond acceptors (Lipinski definition) is 0. The highest BCUT2D eigenvalue weighted by atomic mass is 14.3. The summed E-state index contributed by atoms with van der Waals surface area (Å²) >= 11 is 0. The van der Waals surface area contributed by atoms with E-state index in [1.807, 2.05) is 0 Å². The van der Waals surface area contributed by atoms with Crippen LogP contribution in [-0.2, 0) is 0 Å². The van der Waals surface area contributed by atoms with Crippen molar-refractivity contribution in [3.63, 3.8) is 0 Å². The predicted molar refractivity (Wildman–Crippen MR) is 94.5 cm³/mol. The van der Waals surface area contributed by atoms with E-state index in [0.717, 1.165) is 23.7 Å². The molecule has 0 nitrogen and oxygen atoms in total. The Kier molecular flexibility index (Phi) is 7.89. The van der Waals surface area contributed by atoms with Crippen molar-refractivity contribution in [2.24, 2.45) is 23.7 Å². The summed E-state index contributed by atoms with van der Waals surface area (Å²) in [5, 5.41) is 0. The van der Waals surface area contributed by atoms with Crippen molar-refractivity contribution in [2.75, 3.05) is 0 Å². The maximum Gasteiger partial charge on any atom is -0.0233 e. The molecule has 0 aliphatic heterocycles. The van der Waals surface area contributed by atoms with Crippen molar-refractivity contribution >= 4 is 0 Å². The molecule has 122 valence electrons. The lowest BCUT2D eigenvalue weighted by atomic mass is 9.77. The third kappa shape index (κ3) is 6.17. The molecular formula is C21H38. The summed E-state index contributed by atoms with van der Waals surface area (Å²) in [6.07, 6.45) is 24.2. The van der Waals surface area contributed by atoms with Crippen LogP contribution in [0, 0.1) is 23.7 Å². The van der Waals surface area contributed by atoms with E-state index in [1.54, 1.807) is 0 Å². The van der Waals surface area contributed by atoms with Crippen molar-refractivity contribution in [2.45, 2.75) is 97.3 Å². The molecule has 0 N–H and O–H groups in total. The average Bonchev–Trinajstić information content (AvgIpc) is 2.54. The van der Waals surface area contributed by atoms with Crippen molar-refractivity contribution < 1.29 is 0 Å². The van der Waals surface area contributed by atoms with Gasteiger partial charge in [-0.3, -0.25) is 0 Å². The van der Waals surface area contributed by atoms with Crippen LogP contribution in [0.4, 0.5) is 0 Å². The van der Waals surface area contributed by atoms with E-state index in [1.165, 1.54) is 83.5 Å². The van der Waals surface area contributed by atoms with Crippen LogP contribution in [0.3, 0.4) is 0 Å². The maximum absolute atomic E-state index is 2.43. The highest BCUT2D eigenvalue weighted by Crippen LogP contribution is 2.35. The quantitative estimate of drug-likeness (QED) is 0.345. The molecule has 0 radical (unpaired) electrons. The minimum absolute atomic E-state index is 0.903. The van der Waals surface area contributed by atoms with Gasteiger partial charge < -0.3 is 0 Å². The Morgan fingerprint density at radius 3 is 1.67 bits per heavy atom. The Morgan fingerprint density at radius 1 is 0.714 bits per heavy atom. The molecule has 0 heterocycles. The number of unbranched alkanes of at least 4 members (excludes halogenated alkanes) is 1. The Labute approximate surface area is 133 Å². The van der Waals surface area contributed by atoms with Gasteiger partial charge in [-0.2, -0.15) is 0 Å². The first-order chi connectivity index (χ1) is 10.3. The van der Waals surface area contributed by atoms with Crippen LogP contribution in [0.15, 0.2) is 12.2 Å². The van der Waals surface area contributed by atoms with Crippen LogP contribution in [0.25, 0.3) is 0 Å². The fraction of sp³-hybridized carbons (Fsp3) is 0.905. The van der Waals surface area contributed by atoms with Crippen molar-refractivity contribution in [1.29, 1.82) is 0 Å². The van der Waals surface area contributed by atoms with Gasteiger partial charge in [0.15, 0.2) is 0 Å². The molecule has 0 aromatic rings. The normalized spacial score (nSPS) is 34.4. The summed E-state index contributed by atoms with van der Waals surface area (Å²) in [7, 11) is 0. The number of rotatable bonds is 7. The van der Waals surface area contributed by atoms with Gasteiger partial charge in [-0.25, -0.2) is 0 Å². The first-order valence-corrected chi connectivity index (χ1v) is 9.94. The first-order valence-electron chi connectivity index (χ1n) is 9.94. The van der Waals surface area contributed by atoms with Crippen LogP contribution in [0.5, 0.6) is 0 Å². The Balaban J connectivity index is 1.49. The second-order valence-corrected chi connectivity index (χ2v) is 7.89. The predicted octanol–water partition coefficient (Wildman–Crippen LogP) is 7.15. The van der Waals surface area contributed by atoms with Gasteiger partial charge in [-0.1, -0.05) is 76.9 Å². The summed E-state index contributed by atoms with van der Waals surface area (Å²) < 4.78 is 0. The standard InChI is InChI=1S/C21H38/c1-3-7-19-14-16-21(17-15-19)9-6-5-8-20-12-10-18(4-2)11-13-20/h3,7,18-21H,4-6,8-17H2,1-2H3.